The fraction of sp³-hybridized carbons (Fsp3) is 0.667. The van der Waals surface area contributed by atoms with Crippen molar-refractivity contribution in [3.63, 3.8) is 0 Å². The number of amides is 1. The zero-order valence-corrected chi connectivity index (χ0v) is 14.5. The van der Waals surface area contributed by atoms with E-state index in [-0.39, 0.29) is 12.3 Å². The van der Waals surface area contributed by atoms with E-state index in [4.69, 9.17) is 4.98 Å². The maximum Gasteiger partial charge on any atom is 0.309 e. The third kappa shape index (κ3) is 2.85. The molecule has 1 aliphatic carbocycles. The summed E-state index contributed by atoms with van der Waals surface area (Å²) in [5, 5.41) is 12.4. The van der Waals surface area contributed by atoms with Crippen molar-refractivity contribution in [1.82, 2.24) is 15.3 Å². The largest absolute Gasteiger partial charge is 0.481 e. The fourth-order valence-corrected chi connectivity index (χ4v) is 4.33. The summed E-state index contributed by atoms with van der Waals surface area (Å²) in [7, 11) is 0. The summed E-state index contributed by atoms with van der Waals surface area (Å²) in [6.45, 7) is 3.33. The molecule has 3 aliphatic rings. The summed E-state index contributed by atoms with van der Waals surface area (Å²) < 4.78 is 0. The average molecular weight is 344 g/mol. The van der Waals surface area contributed by atoms with Gasteiger partial charge in [-0.25, -0.2) is 9.97 Å². The molecule has 1 amide bonds. The van der Waals surface area contributed by atoms with Crippen LogP contribution in [0.25, 0.3) is 0 Å². The van der Waals surface area contributed by atoms with E-state index in [9.17, 15) is 14.7 Å². The van der Waals surface area contributed by atoms with Crippen molar-refractivity contribution in [2.45, 2.75) is 56.9 Å². The molecule has 2 aliphatic heterocycles. The first-order chi connectivity index (χ1) is 12.0. The van der Waals surface area contributed by atoms with Crippen LogP contribution in [0.4, 0.5) is 5.95 Å². The van der Waals surface area contributed by atoms with Crippen LogP contribution in [0.3, 0.4) is 0 Å². The van der Waals surface area contributed by atoms with Crippen LogP contribution in [0.15, 0.2) is 6.07 Å². The van der Waals surface area contributed by atoms with Gasteiger partial charge in [-0.3, -0.25) is 9.59 Å². The number of carboxylic acids is 1. The smallest absolute Gasteiger partial charge is 0.309 e. The number of nitrogens with one attached hydrogen (secondary N) is 1. The standard InChI is InChI=1S/C18H24N4O3/c1-11-9-14(12-3-2-4-12)20-17(19-11)22-7-5-18(6-8-22)13(16(24)25)10-15(23)21-18/h9,12-13H,2-8,10H2,1H3,(H,21,23)(H,24,25)/t13-/m0/s1. The monoisotopic (exact) mass is 344 g/mol. The predicted octanol–water partition coefficient (Wildman–Crippen LogP) is 1.61. The SMILES string of the molecule is Cc1cc(C2CCC2)nc(N2CCC3(CC2)NC(=O)C[C@H]3C(=O)O)n1. The minimum atomic E-state index is -0.883. The van der Waals surface area contributed by atoms with Crippen molar-refractivity contribution in [2.24, 2.45) is 5.92 Å². The van der Waals surface area contributed by atoms with Gasteiger partial charge in [0, 0.05) is 36.8 Å². The highest BCUT2D eigenvalue weighted by atomic mass is 16.4. The molecule has 1 atom stereocenters. The molecule has 134 valence electrons. The number of rotatable bonds is 3. The Balaban J connectivity index is 1.51. The lowest BCUT2D eigenvalue weighted by Crippen LogP contribution is -2.56. The lowest BCUT2D eigenvalue weighted by atomic mass is 9.78. The van der Waals surface area contributed by atoms with Gasteiger partial charge in [-0.05, 0) is 38.7 Å². The number of nitrogens with zero attached hydrogens (tertiary/aromatic N) is 3. The second-order valence-corrected chi connectivity index (χ2v) is 7.65. The van der Waals surface area contributed by atoms with E-state index in [1.54, 1.807) is 0 Å². The molecule has 1 aromatic rings. The summed E-state index contributed by atoms with van der Waals surface area (Å²) in [6, 6.07) is 2.08. The predicted molar refractivity (Wildman–Crippen MR) is 91.4 cm³/mol. The number of aryl methyl sites for hydroxylation is 1. The first-order valence-electron chi connectivity index (χ1n) is 9.11. The first kappa shape index (κ1) is 16.3. The third-order valence-electron chi connectivity index (χ3n) is 6.07. The van der Waals surface area contributed by atoms with Gasteiger partial charge in [0.2, 0.25) is 11.9 Å². The first-order valence-corrected chi connectivity index (χ1v) is 9.11. The van der Waals surface area contributed by atoms with Crippen LogP contribution in [-0.2, 0) is 9.59 Å². The number of anilines is 1. The molecule has 0 aromatic carbocycles. The summed E-state index contributed by atoms with van der Waals surface area (Å²) in [5.74, 6) is -0.369. The van der Waals surface area contributed by atoms with Crippen molar-refractivity contribution in [3.8, 4) is 0 Å². The molecule has 3 heterocycles. The minimum absolute atomic E-state index is 0.0854. The minimum Gasteiger partial charge on any atom is -0.481 e. The van der Waals surface area contributed by atoms with Crippen molar-refractivity contribution < 1.29 is 14.7 Å². The second kappa shape index (κ2) is 5.97. The van der Waals surface area contributed by atoms with E-state index in [1.165, 1.54) is 19.3 Å². The molecule has 7 heteroatoms. The van der Waals surface area contributed by atoms with Gasteiger partial charge in [0.1, 0.15) is 0 Å². The number of hydrogen-bond acceptors (Lipinski definition) is 5. The highest BCUT2D eigenvalue weighted by Crippen LogP contribution is 2.39. The van der Waals surface area contributed by atoms with Gasteiger partial charge in [0.15, 0.2) is 0 Å². The molecular weight excluding hydrogens is 320 g/mol. The Morgan fingerprint density at radius 1 is 1.32 bits per heavy atom. The van der Waals surface area contributed by atoms with E-state index < -0.39 is 17.4 Å². The highest BCUT2D eigenvalue weighted by molar-refractivity contribution is 5.88. The molecule has 1 aromatic heterocycles. The van der Waals surface area contributed by atoms with Gasteiger partial charge in [0.25, 0.3) is 0 Å². The summed E-state index contributed by atoms with van der Waals surface area (Å²) in [4.78, 5) is 34.8. The van der Waals surface area contributed by atoms with Gasteiger partial charge in [-0.2, -0.15) is 0 Å². The van der Waals surface area contributed by atoms with E-state index >= 15 is 0 Å². The van der Waals surface area contributed by atoms with Crippen LogP contribution in [0.2, 0.25) is 0 Å². The Morgan fingerprint density at radius 2 is 2.04 bits per heavy atom. The Hall–Kier alpha value is -2.18. The fourth-order valence-electron chi connectivity index (χ4n) is 4.33. The lowest BCUT2D eigenvalue weighted by molar-refractivity contribution is -0.144. The number of hydrogen-bond donors (Lipinski definition) is 2. The zero-order chi connectivity index (χ0) is 17.6. The number of aliphatic carboxylic acids is 1. The van der Waals surface area contributed by atoms with E-state index in [0.717, 1.165) is 17.3 Å². The summed E-state index contributed by atoms with van der Waals surface area (Å²) in [6.07, 6.45) is 4.99. The maximum absolute atomic E-state index is 11.8. The van der Waals surface area contributed by atoms with Crippen molar-refractivity contribution in [1.29, 1.82) is 0 Å². The van der Waals surface area contributed by atoms with Crippen LogP contribution < -0.4 is 10.2 Å². The number of aromatic nitrogens is 2. The molecule has 1 spiro atoms. The number of piperidine rings is 1. The van der Waals surface area contributed by atoms with Crippen molar-refractivity contribution >= 4 is 17.8 Å². The Kier molecular flexibility index (Phi) is 3.89. The topological polar surface area (TPSA) is 95.4 Å². The van der Waals surface area contributed by atoms with Crippen LogP contribution in [-0.4, -0.2) is 45.6 Å². The molecule has 3 fully saturated rings. The summed E-state index contributed by atoms with van der Waals surface area (Å²) >= 11 is 0. The maximum atomic E-state index is 11.8. The van der Waals surface area contributed by atoms with E-state index in [1.807, 2.05) is 6.92 Å². The molecule has 4 rings (SSSR count). The number of carbonyl (C=O) groups is 2. The van der Waals surface area contributed by atoms with Gasteiger partial charge < -0.3 is 15.3 Å². The van der Waals surface area contributed by atoms with E-state index in [2.05, 4.69) is 21.3 Å². The number of carboxylic acid groups (broad SMARTS) is 1. The molecule has 1 saturated carbocycles. The average Bonchev–Trinajstić information content (AvgIpc) is 2.82. The molecule has 0 bridgehead atoms. The molecule has 25 heavy (non-hydrogen) atoms. The van der Waals surface area contributed by atoms with Gasteiger partial charge in [0.05, 0.1) is 11.5 Å². The quantitative estimate of drug-likeness (QED) is 0.865. The lowest BCUT2D eigenvalue weighted by Gasteiger charge is -2.41. The third-order valence-corrected chi connectivity index (χ3v) is 6.07. The van der Waals surface area contributed by atoms with Crippen LogP contribution in [0, 0.1) is 12.8 Å². The molecular formula is C18H24N4O3. The van der Waals surface area contributed by atoms with Crippen molar-refractivity contribution in [2.75, 3.05) is 18.0 Å². The molecule has 2 N–H and O–H groups in total. The van der Waals surface area contributed by atoms with Crippen LogP contribution in [0.1, 0.15) is 55.8 Å². The number of carbonyl (C=O) groups excluding carboxylic acids is 1. The van der Waals surface area contributed by atoms with Crippen LogP contribution in [0.5, 0.6) is 0 Å². The van der Waals surface area contributed by atoms with Gasteiger partial charge >= 0.3 is 5.97 Å². The normalized spacial score (nSPS) is 25.7. The molecule has 0 radical (unpaired) electrons. The highest BCUT2D eigenvalue weighted by Gasteiger charge is 2.51. The van der Waals surface area contributed by atoms with Gasteiger partial charge in [-0.15, -0.1) is 0 Å². The summed E-state index contributed by atoms with van der Waals surface area (Å²) in [5.41, 5.74) is 1.50. The Bertz CT molecular complexity index is 708. The molecule has 7 nitrogen and oxygen atoms in total. The zero-order valence-electron chi connectivity index (χ0n) is 14.5. The van der Waals surface area contributed by atoms with Crippen molar-refractivity contribution in [3.05, 3.63) is 17.5 Å². The van der Waals surface area contributed by atoms with Gasteiger partial charge in [-0.1, -0.05) is 6.42 Å². The second-order valence-electron chi connectivity index (χ2n) is 7.65. The Labute approximate surface area is 146 Å². The molecule has 0 unspecified atom stereocenters. The van der Waals surface area contributed by atoms with E-state index in [0.29, 0.717) is 31.8 Å². The molecule has 2 saturated heterocycles. The van der Waals surface area contributed by atoms with Crippen LogP contribution >= 0.6 is 0 Å². The Morgan fingerprint density at radius 3 is 2.64 bits per heavy atom.